The van der Waals surface area contributed by atoms with E-state index in [0.29, 0.717) is 17.8 Å². The topological polar surface area (TPSA) is 15.3 Å². The van der Waals surface area contributed by atoms with E-state index in [0.717, 1.165) is 25.6 Å². The van der Waals surface area contributed by atoms with E-state index in [4.69, 9.17) is 0 Å². The molecule has 1 aromatic carbocycles. The summed E-state index contributed by atoms with van der Waals surface area (Å²) in [6.07, 6.45) is 4.73. The quantitative estimate of drug-likeness (QED) is 0.826. The summed E-state index contributed by atoms with van der Waals surface area (Å²) in [4.78, 5) is 2.17. The first kappa shape index (κ1) is 11.9. The van der Waals surface area contributed by atoms with Crippen LogP contribution in [0, 0.1) is 11.6 Å². The first-order valence-corrected chi connectivity index (χ1v) is 6.70. The molecule has 1 saturated heterocycles. The van der Waals surface area contributed by atoms with E-state index in [1.54, 1.807) is 0 Å². The number of rotatable bonds is 1. The number of anilines is 1. The van der Waals surface area contributed by atoms with Gasteiger partial charge in [-0.1, -0.05) is 12.8 Å². The molecule has 0 bridgehead atoms. The minimum absolute atomic E-state index is 0.383. The van der Waals surface area contributed by atoms with Gasteiger partial charge < -0.3 is 10.2 Å². The van der Waals surface area contributed by atoms with E-state index in [-0.39, 0.29) is 0 Å². The first-order valence-electron chi connectivity index (χ1n) is 6.70. The molecule has 3 rings (SSSR count). The molecule has 2 nitrogen and oxygen atoms in total. The highest BCUT2D eigenvalue weighted by Gasteiger charge is 2.33. The van der Waals surface area contributed by atoms with Crippen molar-refractivity contribution >= 4 is 5.69 Å². The molecule has 1 N–H and O–H groups in total. The Bertz CT molecular complexity index is 414. The highest BCUT2D eigenvalue weighted by Crippen LogP contribution is 2.30. The lowest BCUT2D eigenvalue weighted by atomic mass is 9.87. The number of piperazine rings is 1. The Hall–Kier alpha value is -1.16. The van der Waals surface area contributed by atoms with Crippen LogP contribution in [0.5, 0.6) is 0 Å². The van der Waals surface area contributed by atoms with E-state index in [9.17, 15) is 8.78 Å². The molecule has 1 heterocycles. The fourth-order valence-corrected chi connectivity index (χ4v) is 3.28. The van der Waals surface area contributed by atoms with Gasteiger partial charge in [0.15, 0.2) is 0 Å². The molecule has 1 aliphatic heterocycles. The van der Waals surface area contributed by atoms with Gasteiger partial charge in [0.25, 0.3) is 0 Å². The number of halogens is 2. The van der Waals surface area contributed by atoms with Gasteiger partial charge in [0.2, 0.25) is 0 Å². The molecular formula is C14H18F2N2. The predicted octanol–water partition coefficient (Wildman–Crippen LogP) is 2.69. The maximum Gasteiger partial charge on any atom is 0.128 e. The summed E-state index contributed by atoms with van der Waals surface area (Å²) in [5.41, 5.74) is 0.686. The molecule has 1 aromatic rings. The fraction of sp³-hybridized carbons (Fsp3) is 0.571. The summed E-state index contributed by atoms with van der Waals surface area (Å²) in [6, 6.07) is 4.68. The van der Waals surface area contributed by atoms with Crippen molar-refractivity contribution in [3.63, 3.8) is 0 Å². The minimum Gasteiger partial charge on any atom is -0.366 e. The molecule has 1 saturated carbocycles. The summed E-state index contributed by atoms with van der Waals surface area (Å²) in [5.74, 6) is -0.980. The van der Waals surface area contributed by atoms with Crippen LogP contribution >= 0.6 is 0 Å². The van der Waals surface area contributed by atoms with Crippen LogP contribution in [0.1, 0.15) is 25.7 Å². The summed E-state index contributed by atoms with van der Waals surface area (Å²) in [7, 11) is 0. The van der Waals surface area contributed by atoms with E-state index in [2.05, 4.69) is 10.2 Å². The second-order valence-corrected chi connectivity index (χ2v) is 5.23. The Morgan fingerprint density at radius 1 is 1.06 bits per heavy atom. The molecule has 4 heteroatoms. The molecule has 98 valence electrons. The minimum atomic E-state index is -0.490. The van der Waals surface area contributed by atoms with Crippen molar-refractivity contribution in [1.29, 1.82) is 0 Å². The van der Waals surface area contributed by atoms with Crippen LogP contribution in [-0.4, -0.2) is 25.2 Å². The molecular weight excluding hydrogens is 234 g/mol. The molecule has 2 fully saturated rings. The van der Waals surface area contributed by atoms with Crippen LogP contribution in [0.2, 0.25) is 0 Å². The number of nitrogens with one attached hydrogen (secondary N) is 1. The molecule has 0 unspecified atom stereocenters. The van der Waals surface area contributed by atoms with Gasteiger partial charge in [-0.3, -0.25) is 0 Å². The van der Waals surface area contributed by atoms with Crippen LogP contribution < -0.4 is 10.2 Å². The summed E-state index contributed by atoms with van der Waals surface area (Å²) < 4.78 is 26.6. The highest BCUT2D eigenvalue weighted by molar-refractivity contribution is 5.49. The van der Waals surface area contributed by atoms with Crippen molar-refractivity contribution in [3.8, 4) is 0 Å². The molecule has 0 aromatic heterocycles. The maximum absolute atomic E-state index is 13.3. The SMILES string of the molecule is Fc1cc(F)cc(N2CCN[C@H]3CCCC[C@H]32)c1. The Morgan fingerprint density at radius 3 is 2.56 bits per heavy atom. The lowest BCUT2D eigenvalue weighted by Crippen LogP contribution is -2.59. The maximum atomic E-state index is 13.3. The first-order chi connectivity index (χ1) is 8.74. The Labute approximate surface area is 106 Å². The average Bonchev–Trinajstić information content (AvgIpc) is 2.37. The van der Waals surface area contributed by atoms with Crippen molar-refractivity contribution in [2.24, 2.45) is 0 Å². The van der Waals surface area contributed by atoms with Crippen LogP contribution in [0.4, 0.5) is 14.5 Å². The highest BCUT2D eigenvalue weighted by atomic mass is 19.1. The molecule has 1 aliphatic carbocycles. The van der Waals surface area contributed by atoms with Crippen molar-refractivity contribution < 1.29 is 8.78 Å². The summed E-state index contributed by atoms with van der Waals surface area (Å²) >= 11 is 0. The van der Waals surface area contributed by atoms with Crippen LogP contribution in [0.25, 0.3) is 0 Å². The van der Waals surface area contributed by atoms with Gasteiger partial charge in [0, 0.05) is 36.9 Å². The van der Waals surface area contributed by atoms with Gasteiger partial charge in [-0.15, -0.1) is 0 Å². The second-order valence-electron chi connectivity index (χ2n) is 5.23. The Kier molecular flexibility index (Phi) is 3.20. The number of nitrogens with zero attached hydrogens (tertiary/aromatic N) is 1. The van der Waals surface area contributed by atoms with Crippen LogP contribution in [0.15, 0.2) is 18.2 Å². The second kappa shape index (κ2) is 4.84. The number of fused-ring (bicyclic) bond motifs is 1. The van der Waals surface area contributed by atoms with Crippen LogP contribution in [0.3, 0.4) is 0 Å². The lowest BCUT2D eigenvalue weighted by Gasteiger charge is -2.46. The monoisotopic (exact) mass is 252 g/mol. The van der Waals surface area contributed by atoms with E-state index in [1.165, 1.54) is 31.4 Å². The Morgan fingerprint density at radius 2 is 1.78 bits per heavy atom. The zero-order valence-corrected chi connectivity index (χ0v) is 10.3. The summed E-state index contributed by atoms with van der Waals surface area (Å²) in [6.45, 7) is 1.71. The van der Waals surface area contributed by atoms with E-state index < -0.39 is 11.6 Å². The van der Waals surface area contributed by atoms with Gasteiger partial charge >= 0.3 is 0 Å². The third-order valence-corrected chi connectivity index (χ3v) is 4.07. The lowest BCUT2D eigenvalue weighted by molar-refractivity contribution is 0.284. The molecule has 2 aliphatic rings. The van der Waals surface area contributed by atoms with Gasteiger partial charge in [-0.2, -0.15) is 0 Å². The average molecular weight is 252 g/mol. The third-order valence-electron chi connectivity index (χ3n) is 4.07. The number of hydrogen-bond acceptors (Lipinski definition) is 2. The molecule has 2 atom stereocenters. The largest absolute Gasteiger partial charge is 0.366 e. The Balaban J connectivity index is 1.89. The van der Waals surface area contributed by atoms with Crippen molar-refractivity contribution in [2.45, 2.75) is 37.8 Å². The number of hydrogen-bond donors (Lipinski definition) is 1. The van der Waals surface area contributed by atoms with Gasteiger partial charge in [-0.25, -0.2) is 8.78 Å². The van der Waals surface area contributed by atoms with Gasteiger partial charge in [0.05, 0.1) is 0 Å². The van der Waals surface area contributed by atoms with Crippen molar-refractivity contribution in [1.82, 2.24) is 5.32 Å². The molecule has 18 heavy (non-hydrogen) atoms. The van der Waals surface area contributed by atoms with Gasteiger partial charge in [0.1, 0.15) is 11.6 Å². The van der Waals surface area contributed by atoms with E-state index >= 15 is 0 Å². The molecule has 0 amide bonds. The zero-order chi connectivity index (χ0) is 12.5. The normalized spacial score (nSPS) is 28.0. The third kappa shape index (κ3) is 2.21. The molecule has 0 radical (unpaired) electrons. The standard InChI is InChI=1S/C14H18F2N2/c15-10-7-11(16)9-12(8-10)18-6-5-17-13-3-1-2-4-14(13)18/h7-9,13-14,17H,1-6H2/t13-,14+/m0/s1. The number of benzene rings is 1. The van der Waals surface area contributed by atoms with Gasteiger partial charge in [-0.05, 0) is 25.0 Å². The van der Waals surface area contributed by atoms with Crippen LogP contribution in [-0.2, 0) is 0 Å². The van der Waals surface area contributed by atoms with Crippen molar-refractivity contribution in [2.75, 3.05) is 18.0 Å². The predicted molar refractivity (Wildman–Crippen MR) is 67.8 cm³/mol. The smallest absolute Gasteiger partial charge is 0.128 e. The van der Waals surface area contributed by atoms with E-state index in [1.807, 2.05) is 0 Å². The molecule has 0 spiro atoms. The fourth-order valence-electron chi connectivity index (χ4n) is 3.28. The van der Waals surface area contributed by atoms with Crippen molar-refractivity contribution in [3.05, 3.63) is 29.8 Å². The zero-order valence-electron chi connectivity index (χ0n) is 10.3. The summed E-state index contributed by atoms with van der Waals surface area (Å²) in [5, 5.41) is 3.52.